The number of nitrogens with zero attached hydrogens (tertiary/aromatic N) is 4. The number of halogens is 3. The Bertz CT molecular complexity index is 1390. The largest absolute Gasteiger partial charge is 0.379 e. The van der Waals surface area contributed by atoms with Gasteiger partial charge in [-0.2, -0.15) is 10.4 Å². The predicted molar refractivity (Wildman–Crippen MR) is 154 cm³/mol. The number of benzene rings is 2. The van der Waals surface area contributed by atoms with Crippen molar-refractivity contribution in [2.75, 3.05) is 36.7 Å². The molecule has 9 nitrogen and oxygen atoms in total. The Balaban J connectivity index is 1.83. The van der Waals surface area contributed by atoms with Gasteiger partial charge in [0.15, 0.2) is 0 Å². The number of nitriles is 1. The van der Waals surface area contributed by atoms with Gasteiger partial charge in [-0.25, -0.2) is 9.35 Å². The normalized spacial score (nSPS) is 15.5. The van der Waals surface area contributed by atoms with Crippen LogP contribution < -0.4 is 15.7 Å². The van der Waals surface area contributed by atoms with E-state index in [0.717, 1.165) is 3.57 Å². The number of carbonyl (C=O) groups is 1. The van der Waals surface area contributed by atoms with Crippen molar-refractivity contribution in [1.82, 2.24) is 14.5 Å². The molecule has 2 heterocycles. The van der Waals surface area contributed by atoms with E-state index in [1.54, 1.807) is 13.0 Å². The Labute approximate surface area is 238 Å². The summed E-state index contributed by atoms with van der Waals surface area (Å²) in [5.74, 6) is -0.263. The van der Waals surface area contributed by atoms with Gasteiger partial charge in [-0.3, -0.25) is 9.36 Å². The minimum absolute atomic E-state index is 0.150. The second-order valence-corrected chi connectivity index (χ2v) is 12.7. The molecule has 37 heavy (non-hydrogen) atoms. The fourth-order valence-electron chi connectivity index (χ4n) is 4.03. The molecule has 1 aliphatic heterocycles. The van der Waals surface area contributed by atoms with Gasteiger partial charge in [0.1, 0.15) is 11.1 Å². The predicted octanol–water partition coefficient (Wildman–Crippen LogP) is 5.53. The second-order valence-electron chi connectivity index (χ2n) is 8.25. The van der Waals surface area contributed by atoms with Crippen LogP contribution in [0.15, 0.2) is 42.5 Å². The van der Waals surface area contributed by atoms with Crippen LogP contribution in [0.1, 0.15) is 22.5 Å². The molecule has 1 fully saturated rings. The SMILES string of the molecule is Cc1nn(CCC#N)c(NC(=O)c2ccc(Cl)cc2Cl)c1P(=O)(Nc1ccc(I)cc1)N1CCOCC1. The number of anilines is 2. The summed E-state index contributed by atoms with van der Waals surface area (Å²) in [6, 6.07) is 14.2. The summed E-state index contributed by atoms with van der Waals surface area (Å²) in [7, 11) is -3.57. The average molecular weight is 673 g/mol. The number of amides is 1. The number of hydrogen-bond acceptors (Lipinski definition) is 5. The Morgan fingerprint density at radius 2 is 1.92 bits per heavy atom. The molecule has 2 aromatic carbocycles. The number of morpholine rings is 1. The molecule has 4 rings (SSSR count). The molecular weight excluding hydrogens is 649 g/mol. The molecule has 0 spiro atoms. The van der Waals surface area contributed by atoms with E-state index in [1.807, 2.05) is 28.9 Å². The standard InChI is InChI=1S/C24H24Cl2IN6O3P/c1-16-22(37(35,32-11-13-36-14-12-32)31-19-6-4-18(27)5-7-19)23(33(30-16)10-2-9-28)29-24(34)20-8-3-17(25)15-21(20)26/h3-8,15H,2,10-14H2,1H3,(H,29,34)(H,31,35). The van der Waals surface area contributed by atoms with Crippen molar-refractivity contribution < 1.29 is 14.1 Å². The van der Waals surface area contributed by atoms with Crippen molar-refractivity contribution in [2.24, 2.45) is 0 Å². The minimum atomic E-state index is -3.57. The molecule has 3 aromatic rings. The number of hydrogen-bond donors (Lipinski definition) is 2. The van der Waals surface area contributed by atoms with E-state index in [0.29, 0.717) is 48.0 Å². The highest BCUT2D eigenvalue weighted by atomic mass is 127. The fraction of sp³-hybridized carbons (Fsp3) is 0.292. The third-order valence-corrected chi connectivity index (χ3v) is 9.92. The van der Waals surface area contributed by atoms with E-state index >= 15 is 4.57 Å². The number of aromatic nitrogens is 2. The van der Waals surface area contributed by atoms with Crippen LogP contribution in [0, 0.1) is 21.8 Å². The average Bonchev–Trinajstić information content (AvgIpc) is 3.19. The lowest BCUT2D eigenvalue weighted by atomic mass is 10.2. The Morgan fingerprint density at radius 3 is 2.57 bits per heavy atom. The zero-order valence-corrected chi connectivity index (χ0v) is 24.4. The number of rotatable bonds is 8. The van der Waals surface area contributed by atoms with Crippen LogP contribution >= 0.6 is 53.2 Å². The maximum absolute atomic E-state index is 15.0. The van der Waals surface area contributed by atoms with E-state index in [4.69, 9.17) is 27.9 Å². The number of carbonyl (C=O) groups excluding carboxylic acids is 1. The van der Waals surface area contributed by atoms with E-state index in [1.165, 1.54) is 16.8 Å². The van der Waals surface area contributed by atoms with Gasteiger partial charge in [0.25, 0.3) is 13.4 Å². The first-order chi connectivity index (χ1) is 17.7. The molecule has 0 aliphatic carbocycles. The number of ether oxygens (including phenoxy) is 1. The van der Waals surface area contributed by atoms with Gasteiger partial charge in [-0.05, 0) is 72.0 Å². The maximum Gasteiger partial charge on any atom is 0.272 e. The third kappa shape index (κ3) is 6.30. The first kappa shape index (κ1) is 27.9. The zero-order chi connectivity index (χ0) is 26.6. The van der Waals surface area contributed by atoms with E-state index < -0.39 is 13.4 Å². The molecule has 1 saturated heterocycles. The fourth-order valence-corrected chi connectivity index (χ4v) is 7.59. The van der Waals surface area contributed by atoms with Crippen LogP contribution in [0.25, 0.3) is 0 Å². The van der Waals surface area contributed by atoms with Crippen molar-refractivity contribution in [1.29, 1.82) is 5.26 Å². The highest BCUT2D eigenvalue weighted by Gasteiger charge is 2.40. The Kier molecular flexibility index (Phi) is 9.16. The summed E-state index contributed by atoms with van der Waals surface area (Å²) in [4.78, 5) is 13.3. The topological polar surface area (TPSA) is 112 Å². The van der Waals surface area contributed by atoms with Crippen LogP contribution in [-0.4, -0.2) is 46.7 Å². The molecule has 13 heteroatoms. The molecule has 0 bridgehead atoms. The van der Waals surface area contributed by atoms with E-state index in [2.05, 4.69) is 44.2 Å². The lowest BCUT2D eigenvalue weighted by molar-refractivity contribution is 0.0729. The third-order valence-electron chi connectivity index (χ3n) is 5.75. The summed E-state index contributed by atoms with van der Waals surface area (Å²) in [5.41, 5.74) is 1.34. The smallest absolute Gasteiger partial charge is 0.272 e. The minimum Gasteiger partial charge on any atom is -0.379 e. The van der Waals surface area contributed by atoms with Crippen molar-refractivity contribution in [3.05, 3.63) is 67.3 Å². The van der Waals surface area contributed by atoms with Gasteiger partial charge in [0, 0.05) is 27.4 Å². The zero-order valence-electron chi connectivity index (χ0n) is 19.9. The molecule has 1 aliphatic rings. The Morgan fingerprint density at radius 1 is 1.22 bits per heavy atom. The molecule has 1 amide bonds. The Hall–Kier alpha value is -2.13. The highest BCUT2D eigenvalue weighted by molar-refractivity contribution is 14.1. The highest BCUT2D eigenvalue weighted by Crippen LogP contribution is 2.51. The molecule has 1 atom stereocenters. The lowest BCUT2D eigenvalue weighted by Gasteiger charge is -2.35. The van der Waals surface area contributed by atoms with Gasteiger partial charge < -0.3 is 15.1 Å². The van der Waals surface area contributed by atoms with Crippen LogP contribution in [0.4, 0.5) is 11.5 Å². The van der Waals surface area contributed by atoms with Crippen molar-refractivity contribution in [2.45, 2.75) is 19.9 Å². The van der Waals surface area contributed by atoms with Gasteiger partial charge in [0.2, 0.25) is 0 Å². The molecule has 1 aromatic heterocycles. The van der Waals surface area contributed by atoms with Crippen molar-refractivity contribution >= 4 is 76.0 Å². The summed E-state index contributed by atoms with van der Waals surface area (Å²) in [5, 5.41) is 20.9. The molecule has 0 saturated carbocycles. The first-order valence-corrected chi connectivity index (χ1v) is 14.9. The van der Waals surface area contributed by atoms with E-state index in [-0.39, 0.29) is 29.4 Å². The van der Waals surface area contributed by atoms with Gasteiger partial charge >= 0.3 is 0 Å². The van der Waals surface area contributed by atoms with Crippen LogP contribution in [-0.2, 0) is 15.8 Å². The summed E-state index contributed by atoms with van der Waals surface area (Å²) >= 11 is 14.5. The molecule has 1 unspecified atom stereocenters. The van der Waals surface area contributed by atoms with Crippen LogP contribution in [0.5, 0.6) is 0 Å². The van der Waals surface area contributed by atoms with Gasteiger partial charge in [0.05, 0.1) is 48.5 Å². The molecular formula is C24H24Cl2IN6O3P. The number of nitrogens with one attached hydrogen (secondary N) is 2. The quantitative estimate of drug-likeness (QED) is 0.239. The summed E-state index contributed by atoms with van der Waals surface area (Å²) in [6.45, 7) is 3.63. The summed E-state index contributed by atoms with van der Waals surface area (Å²) in [6.07, 6.45) is 0.150. The van der Waals surface area contributed by atoms with E-state index in [9.17, 15) is 10.1 Å². The summed E-state index contributed by atoms with van der Waals surface area (Å²) < 4.78 is 24.9. The van der Waals surface area contributed by atoms with Crippen LogP contribution in [0.3, 0.4) is 0 Å². The monoisotopic (exact) mass is 672 g/mol. The van der Waals surface area contributed by atoms with Crippen molar-refractivity contribution in [3.8, 4) is 6.07 Å². The molecule has 2 N–H and O–H groups in total. The molecule has 0 radical (unpaired) electrons. The van der Waals surface area contributed by atoms with Gasteiger partial charge in [-0.15, -0.1) is 0 Å². The van der Waals surface area contributed by atoms with Crippen LogP contribution in [0.2, 0.25) is 10.0 Å². The second kappa shape index (κ2) is 12.2. The molecule has 194 valence electrons. The number of aryl methyl sites for hydroxylation is 2. The first-order valence-electron chi connectivity index (χ1n) is 11.4. The maximum atomic E-state index is 15.0. The van der Waals surface area contributed by atoms with Crippen molar-refractivity contribution in [3.63, 3.8) is 0 Å². The lowest BCUT2D eigenvalue weighted by Crippen LogP contribution is -2.40. The van der Waals surface area contributed by atoms with Gasteiger partial charge in [-0.1, -0.05) is 23.2 Å².